The van der Waals surface area contributed by atoms with Crippen LogP contribution in [0.1, 0.15) is 12.0 Å². The molecule has 4 nitrogen and oxygen atoms in total. The normalized spacial score (nSPS) is 21.1. The van der Waals surface area contributed by atoms with E-state index in [9.17, 15) is 4.79 Å². The van der Waals surface area contributed by atoms with E-state index in [1.165, 1.54) is 5.57 Å². The van der Waals surface area contributed by atoms with Gasteiger partial charge in [-0.3, -0.25) is 0 Å². The van der Waals surface area contributed by atoms with E-state index >= 15 is 0 Å². The Hall–Kier alpha value is -2.07. The van der Waals surface area contributed by atoms with Crippen LogP contribution >= 0.6 is 0 Å². The first-order chi connectivity index (χ1) is 9.83. The van der Waals surface area contributed by atoms with Crippen molar-refractivity contribution in [2.24, 2.45) is 5.92 Å². The SMILES string of the molecule is O=C(OCc1ccccc1)N1CC2=CC=CCC2CN1. The molecule has 1 aromatic rings. The second-order valence-electron chi connectivity index (χ2n) is 5.09. The largest absolute Gasteiger partial charge is 0.444 e. The molecule has 1 N–H and O–H groups in total. The number of carbonyl (C=O) groups excluding carboxylic acids is 1. The van der Waals surface area contributed by atoms with Crippen LogP contribution in [0.15, 0.2) is 54.1 Å². The van der Waals surface area contributed by atoms with Gasteiger partial charge in [-0.1, -0.05) is 48.6 Å². The molecule has 2 aliphatic rings. The number of hydrogen-bond acceptors (Lipinski definition) is 3. The molecule has 0 saturated carbocycles. The summed E-state index contributed by atoms with van der Waals surface area (Å²) >= 11 is 0. The molecule has 1 aromatic carbocycles. The second-order valence-corrected chi connectivity index (χ2v) is 5.09. The van der Waals surface area contributed by atoms with E-state index in [1.807, 2.05) is 30.3 Å². The number of nitrogens with zero attached hydrogens (tertiary/aromatic N) is 1. The molecular formula is C16H18N2O2. The van der Waals surface area contributed by atoms with E-state index < -0.39 is 0 Å². The fraction of sp³-hybridized carbons (Fsp3) is 0.312. The molecule has 1 amide bonds. The summed E-state index contributed by atoms with van der Waals surface area (Å²) in [5, 5.41) is 1.56. The Morgan fingerprint density at radius 1 is 1.35 bits per heavy atom. The Balaban J connectivity index is 1.55. The van der Waals surface area contributed by atoms with Gasteiger partial charge in [-0.25, -0.2) is 15.2 Å². The fourth-order valence-electron chi connectivity index (χ4n) is 2.50. The van der Waals surface area contributed by atoms with Crippen molar-refractivity contribution < 1.29 is 9.53 Å². The molecule has 1 fully saturated rings. The van der Waals surface area contributed by atoms with Crippen molar-refractivity contribution in [3.63, 3.8) is 0 Å². The molecule has 1 saturated heterocycles. The molecule has 104 valence electrons. The standard InChI is InChI=1S/C16H18N2O2/c19-16(20-12-13-6-2-1-3-7-13)18-11-15-9-5-4-8-14(15)10-17-18/h1-7,9,14,17H,8,10-12H2. The predicted molar refractivity (Wildman–Crippen MR) is 76.7 cm³/mol. The van der Waals surface area contributed by atoms with Crippen molar-refractivity contribution >= 4 is 6.09 Å². The van der Waals surface area contributed by atoms with Crippen LogP contribution in [0.2, 0.25) is 0 Å². The molecule has 1 unspecified atom stereocenters. The van der Waals surface area contributed by atoms with Crippen LogP contribution in [0.3, 0.4) is 0 Å². The maximum Gasteiger partial charge on any atom is 0.424 e. The monoisotopic (exact) mass is 270 g/mol. The molecule has 1 aliphatic heterocycles. The van der Waals surface area contributed by atoms with E-state index in [0.717, 1.165) is 18.5 Å². The lowest BCUT2D eigenvalue weighted by Crippen LogP contribution is -2.51. The van der Waals surface area contributed by atoms with Crippen LogP contribution in [-0.4, -0.2) is 24.2 Å². The maximum absolute atomic E-state index is 12.0. The molecule has 1 heterocycles. The summed E-state index contributed by atoms with van der Waals surface area (Å²) in [6.45, 7) is 1.69. The first-order valence-corrected chi connectivity index (χ1v) is 6.90. The number of hydrazine groups is 1. The minimum atomic E-state index is -0.317. The predicted octanol–water partition coefficient (Wildman–Crippen LogP) is 2.65. The van der Waals surface area contributed by atoms with Crippen molar-refractivity contribution in [2.45, 2.75) is 13.0 Å². The summed E-state index contributed by atoms with van der Waals surface area (Å²) < 4.78 is 5.33. The Labute approximate surface area is 118 Å². The van der Waals surface area contributed by atoms with Gasteiger partial charge in [-0.15, -0.1) is 0 Å². The Bertz CT molecular complexity index is 537. The highest BCUT2D eigenvalue weighted by atomic mass is 16.6. The Morgan fingerprint density at radius 3 is 3.05 bits per heavy atom. The lowest BCUT2D eigenvalue weighted by Gasteiger charge is -2.34. The van der Waals surface area contributed by atoms with Crippen LogP contribution in [0.4, 0.5) is 4.79 Å². The minimum Gasteiger partial charge on any atom is -0.444 e. The van der Waals surface area contributed by atoms with Gasteiger partial charge < -0.3 is 4.74 Å². The highest BCUT2D eigenvalue weighted by Crippen LogP contribution is 2.24. The smallest absolute Gasteiger partial charge is 0.424 e. The number of amides is 1. The summed E-state index contributed by atoms with van der Waals surface area (Å²) in [4.78, 5) is 12.0. The molecule has 4 heteroatoms. The topological polar surface area (TPSA) is 41.6 Å². The van der Waals surface area contributed by atoms with Gasteiger partial charge in [0.15, 0.2) is 0 Å². The number of fused-ring (bicyclic) bond motifs is 1. The Morgan fingerprint density at radius 2 is 2.20 bits per heavy atom. The number of ether oxygens (including phenoxy) is 1. The van der Waals surface area contributed by atoms with Gasteiger partial charge in [0.25, 0.3) is 0 Å². The molecular weight excluding hydrogens is 252 g/mol. The third kappa shape index (κ3) is 2.91. The van der Waals surface area contributed by atoms with Crippen molar-refractivity contribution in [1.29, 1.82) is 0 Å². The van der Waals surface area contributed by atoms with Crippen LogP contribution < -0.4 is 5.43 Å². The van der Waals surface area contributed by atoms with Gasteiger partial charge in [0.05, 0.1) is 6.54 Å². The fourth-order valence-corrected chi connectivity index (χ4v) is 2.50. The average Bonchev–Trinajstić information content (AvgIpc) is 2.53. The first kappa shape index (κ1) is 12.9. The average molecular weight is 270 g/mol. The summed E-state index contributed by atoms with van der Waals surface area (Å²) in [6.07, 6.45) is 7.06. The summed E-state index contributed by atoms with van der Waals surface area (Å²) in [5.74, 6) is 0.512. The second kappa shape index (κ2) is 5.92. The third-order valence-electron chi connectivity index (χ3n) is 3.69. The molecule has 3 rings (SSSR count). The van der Waals surface area contributed by atoms with E-state index in [1.54, 1.807) is 5.01 Å². The number of carbonyl (C=O) groups is 1. The van der Waals surface area contributed by atoms with Crippen LogP contribution in [-0.2, 0) is 11.3 Å². The van der Waals surface area contributed by atoms with Crippen molar-refractivity contribution in [3.05, 3.63) is 59.7 Å². The van der Waals surface area contributed by atoms with E-state index in [2.05, 4.69) is 23.7 Å². The molecule has 0 bridgehead atoms. The number of hydrogen-bond donors (Lipinski definition) is 1. The lowest BCUT2D eigenvalue weighted by atomic mass is 9.90. The van der Waals surface area contributed by atoms with Gasteiger partial charge in [-0.05, 0) is 23.5 Å². The van der Waals surface area contributed by atoms with Gasteiger partial charge in [0.1, 0.15) is 6.61 Å². The van der Waals surface area contributed by atoms with E-state index in [0.29, 0.717) is 19.1 Å². The van der Waals surface area contributed by atoms with Gasteiger partial charge in [0.2, 0.25) is 0 Å². The van der Waals surface area contributed by atoms with Crippen LogP contribution in [0.5, 0.6) is 0 Å². The summed E-state index contributed by atoms with van der Waals surface area (Å²) in [6, 6.07) is 9.71. The zero-order chi connectivity index (χ0) is 13.8. The van der Waals surface area contributed by atoms with E-state index in [-0.39, 0.29) is 6.09 Å². The van der Waals surface area contributed by atoms with Crippen LogP contribution in [0.25, 0.3) is 0 Å². The molecule has 0 spiro atoms. The number of benzene rings is 1. The summed E-state index contributed by atoms with van der Waals surface area (Å²) in [5.41, 5.74) is 5.43. The Kier molecular flexibility index (Phi) is 3.83. The minimum absolute atomic E-state index is 0.306. The zero-order valence-corrected chi connectivity index (χ0v) is 11.3. The van der Waals surface area contributed by atoms with Gasteiger partial charge in [-0.2, -0.15) is 0 Å². The van der Waals surface area contributed by atoms with Crippen LogP contribution in [0, 0.1) is 5.92 Å². The molecule has 0 radical (unpaired) electrons. The van der Waals surface area contributed by atoms with Crippen molar-refractivity contribution in [1.82, 2.24) is 10.4 Å². The third-order valence-corrected chi connectivity index (χ3v) is 3.69. The number of rotatable bonds is 2. The molecule has 20 heavy (non-hydrogen) atoms. The molecule has 0 aromatic heterocycles. The first-order valence-electron chi connectivity index (χ1n) is 6.90. The van der Waals surface area contributed by atoms with Gasteiger partial charge in [0, 0.05) is 6.54 Å². The number of nitrogens with one attached hydrogen (secondary N) is 1. The van der Waals surface area contributed by atoms with Crippen molar-refractivity contribution in [2.75, 3.05) is 13.1 Å². The number of allylic oxidation sites excluding steroid dienone is 3. The molecule has 1 atom stereocenters. The zero-order valence-electron chi connectivity index (χ0n) is 11.3. The van der Waals surface area contributed by atoms with Gasteiger partial charge >= 0.3 is 6.09 Å². The molecule has 1 aliphatic carbocycles. The quantitative estimate of drug-likeness (QED) is 0.898. The highest BCUT2D eigenvalue weighted by molar-refractivity contribution is 5.67. The lowest BCUT2D eigenvalue weighted by molar-refractivity contribution is 0.0705. The summed E-state index contributed by atoms with van der Waals surface area (Å²) in [7, 11) is 0. The van der Waals surface area contributed by atoms with Crippen molar-refractivity contribution in [3.8, 4) is 0 Å². The van der Waals surface area contributed by atoms with E-state index in [4.69, 9.17) is 4.74 Å². The maximum atomic E-state index is 12.0. The highest BCUT2D eigenvalue weighted by Gasteiger charge is 2.27.